The van der Waals surface area contributed by atoms with Crippen molar-refractivity contribution in [2.24, 2.45) is 0 Å². The molecular formula is C23H27N5O2. The van der Waals surface area contributed by atoms with Crippen LogP contribution in [-0.2, 0) is 22.7 Å². The van der Waals surface area contributed by atoms with Crippen molar-refractivity contribution in [1.29, 1.82) is 0 Å². The van der Waals surface area contributed by atoms with Crippen molar-refractivity contribution >= 4 is 22.6 Å². The van der Waals surface area contributed by atoms with Gasteiger partial charge in [-0.15, -0.1) is 0 Å². The molecule has 0 radical (unpaired) electrons. The fourth-order valence-electron chi connectivity index (χ4n) is 3.89. The van der Waals surface area contributed by atoms with E-state index >= 15 is 0 Å². The molecule has 1 aliphatic rings. The summed E-state index contributed by atoms with van der Waals surface area (Å²) >= 11 is 0. The summed E-state index contributed by atoms with van der Waals surface area (Å²) in [4.78, 5) is 27.0. The number of hydrogen-bond acceptors (Lipinski definition) is 4. The minimum absolute atomic E-state index is 0.0752. The number of amides is 2. The Morgan fingerprint density at radius 2 is 2.03 bits per heavy atom. The van der Waals surface area contributed by atoms with Gasteiger partial charge in [0.15, 0.2) is 0 Å². The molecule has 30 heavy (non-hydrogen) atoms. The van der Waals surface area contributed by atoms with Crippen LogP contribution in [0.4, 0.5) is 0 Å². The molecule has 4 rings (SSSR count). The monoisotopic (exact) mass is 405 g/mol. The lowest BCUT2D eigenvalue weighted by atomic mass is 10.0. The molecule has 0 aliphatic carbocycles. The van der Waals surface area contributed by atoms with Gasteiger partial charge in [-0.05, 0) is 34.9 Å². The summed E-state index contributed by atoms with van der Waals surface area (Å²) in [5, 5.41) is 12.4. The van der Waals surface area contributed by atoms with Crippen molar-refractivity contribution in [2.75, 3.05) is 19.6 Å². The standard InChI is InChI=1S/C23H27N5O2/c29-22(24-9-3-12-28-13-4-10-26-28)16-21-23(30)25-11-14-27(21)17-18-7-8-19-5-1-2-6-20(19)15-18/h1-2,4-8,10,13,15,21H,3,9,11-12,14,16-17H2,(H,24,29)(H,25,30)/t21-/m0/s1. The Bertz CT molecular complexity index is 1000. The molecule has 2 N–H and O–H groups in total. The zero-order valence-electron chi connectivity index (χ0n) is 17.0. The summed E-state index contributed by atoms with van der Waals surface area (Å²) in [6.07, 6.45) is 4.61. The topological polar surface area (TPSA) is 79.3 Å². The zero-order chi connectivity index (χ0) is 20.8. The Labute approximate surface area is 176 Å². The molecular weight excluding hydrogens is 378 g/mol. The van der Waals surface area contributed by atoms with E-state index in [0.717, 1.165) is 25.1 Å². The Morgan fingerprint density at radius 3 is 2.87 bits per heavy atom. The van der Waals surface area contributed by atoms with Crippen molar-refractivity contribution < 1.29 is 9.59 Å². The molecule has 1 saturated heterocycles. The third-order valence-corrected chi connectivity index (χ3v) is 5.47. The number of aryl methyl sites for hydroxylation is 1. The van der Waals surface area contributed by atoms with E-state index in [2.05, 4.69) is 51.0 Å². The third kappa shape index (κ3) is 5.04. The normalized spacial score (nSPS) is 17.1. The summed E-state index contributed by atoms with van der Waals surface area (Å²) in [5.74, 6) is -0.172. The number of benzene rings is 2. The number of carbonyl (C=O) groups excluding carboxylic acids is 2. The van der Waals surface area contributed by atoms with E-state index in [1.807, 2.05) is 29.1 Å². The smallest absolute Gasteiger partial charge is 0.237 e. The molecule has 7 heteroatoms. The number of carbonyl (C=O) groups is 2. The van der Waals surface area contributed by atoms with Gasteiger partial charge in [0.1, 0.15) is 0 Å². The number of nitrogens with zero attached hydrogens (tertiary/aromatic N) is 3. The highest BCUT2D eigenvalue weighted by atomic mass is 16.2. The van der Waals surface area contributed by atoms with Crippen LogP contribution in [0.1, 0.15) is 18.4 Å². The SMILES string of the molecule is O=C(C[C@H]1C(=O)NCCN1Cc1ccc2ccccc2c1)NCCCn1cccn1. The molecule has 2 amide bonds. The first kappa shape index (κ1) is 20.1. The van der Waals surface area contributed by atoms with E-state index in [1.54, 1.807) is 6.20 Å². The third-order valence-electron chi connectivity index (χ3n) is 5.47. The minimum atomic E-state index is -0.448. The summed E-state index contributed by atoms with van der Waals surface area (Å²) in [6.45, 7) is 3.31. The molecule has 2 heterocycles. The van der Waals surface area contributed by atoms with Crippen molar-refractivity contribution in [1.82, 2.24) is 25.3 Å². The van der Waals surface area contributed by atoms with Crippen LogP contribution >= 0.6 is 0 Å². The summed E-state index contributed by atoms with van der Waals surface area (Å²) in [6, 6.07) is 16.0. The van der Waals surface area contributed by atoms with Crippen LogP contribution in [0.2, 0.25) is 0 Å². The second-order valence-electron chi connectivity index (χ2n) is 7.64. The van der Waals surface area contributed by atoms with Crippen LogP contribution in [0.5, 0.6) is 0 Å². The fraction of sp³-hybridized carbons (Fsp3) is 0.348. The van der Waals surface area contributed by atoms with Gasteiger partial charge in [-0.2, -0.15) is 5.10 Å². The lowest BCUT2D eigenvalue weighted by Gasteiger charge is -2.34. The van der Waals surface area contributed by atoms with Gasteiger partial charge in [-0.3, -0.25) is 19.2 Å². The molecule has 0 bridgehead atoms. The first-order chi connectivity index (χ1) is 14.7. The number of piperazine rings is 1. The molecule has 2 aromatic carbocycles. The highest BCUT2D eigenvalue weighted by Gasteiger charge is 2.31. The molecule has 156 valence electrons. The molecule has 0 saturated carbocycles. The minimum Gasteiger partial charge on any atom is -0.356 e. The fourth-order valence-corrected chi connectivity index (χ4v) is 3.89. The number of aromatic nitrogens is 2. The van der Waals surface area contributed by atoms with Crippen LogP contribution in [0.15, 0.2) is 60.9 Å². The van der Waals surface area contributed by atoms with Crippen LogP contribution in [0, 0.1) is 0 Å². The summed E-state index contributed by atoms with van der Waals surface area (Å²) < 4.78 is 1.84. The van der Waals surface area contributed by atoms with Crippen LogP contribution in [0.25, 0.3) is 10.8 Å². The Morgan fingerprint density at radius 1 is 1.17 bits per heavy atom. The highest BCUT2D eigenvalue weighted by Crippen LogP contribution is 2.19. The molecule has 1 aliphatic heterocycles. The number of hydrogen-bond donors (Lipinski definition) is 2. The van der Waals surface area contributed by atoms with Gasteiger partial charge in [0.05, 0.1) is 12.5 Å². The quantitative estimate of drug-likeness (QED) is 0.562. The van der Waals surface area contributed by atoms with Gasteiger partial charge >= 0.3 is 0 Å². The van der Waals surface area contributed by atoms with Gasteiger partial charge in [-0.1, -0.05) is 36.4 Å². The molecule has 7 nitrogen and oxygen atoms in total. The maximum atomic E-state index is 12.5. The second kappa shape index (κ2) is 9.54. The van der Waals surface area contributed by atoms with E-state index in [1.165, 1.54) is 10.8 Å². The maximum absolute atomic E-state index is 12.5. The van der Waals surface area contributed by atoms with Crippen molar-refractivity contribution in [2.45, 2.75) is 32.0 Å². The summed E-state index contributed by atoms with van der Waals surface area (Å²) in [5.41, 5.74) is 1.15. The van der Waals surface area contributed by atoms with E-state index < -0.39 is 6.04 Å². The lowest BCUT2D eigenvalue weighted by Crippen LogP contribution is -2.56. The van der Waals surface area contributed by atoms with Crippen LogP contribution in [-0.4, -0.2) is 52.2 Å². The van der Waals surface area contributed by atoms with Gasteiger partial charge in [0.25, 0.3) is 0 Å². The first-order valence-electron chi connectivity index (χ1n) is 10.4. The molecule has 1 fully saturated rings. The van der Waals surface area contributed by atoms with Crippen LogP contribution < -0.4 is 10.6 Å². The first-order valence-corrected chi connectivity index (χ1v) is 10.4. The molecule has 0 spiro atoms. The highest BCUT2D eigenvalue weighted by molar-refractivity contribution is 5.89. The maximum Gasteiger partial charge on any atom is 0.237 e. The van der Waals surface area contributed by atoms with E-state index in [0.29, 0.717) is 19.6 Å². The molecule has 3 aromatic rings. The van der Waals surface area contributed by atoms with Crippen molar-refractivity contribution in [3.8, 4) is 0 Å². The van der Waals surface area contributed by atoms with E-state index in [4.69, 9.17) is 0 Å². The Hall–Kier alpha value is -3.19. The van der Waals surface area contributed by atoms with Gasteiger partial charge in [-0.25, -0.2) is 0 Å². The lowest BCUT2D eigenvalue weighted by molar-refractivity contribution is -0.134. The second-order valence-corrected chi connectivity index (χ2v) is 7.64. The van der Waals surface area contributed by atoms with Crippen LogP contribution in [0.3, 0.4) is 0 Å². The molecule has 1 aromatic heterocycles. The number of fused-ring (bicyclic) bond motifs is 1. The van der Waals surface area contributed by atoms with Gasteiger partial charge < -0.3 is 10.6 Å². The largest absolute Gasteiger partial charge is 0.356 e. The van der Waals surface area contributed by atoms with Gasteiger partial charge in [0, 0.05) is 45.1 Å². The average Bonchev–Trinajstić information content (AvgIpc) is 3.27. The average molecular weight is 406 g/mol. The molecule has 0 unspecified atom stereocenters. The zero-order valence-corrected chi connectivity index (χ0v) is 17.0. The predicted octanol–water partition coefficient (Wildman–Crippen LogP) is 1.93. The van der Waals surface area contributed by atoms with E-state index in [-0.39, 0.29) is 18.2 Å². The molecule has 1 atom stereocenters. The summed E-state index contributed by atoms with van der Waals surface area (Å²) in [7, 11) is 0. The van der Waals surface area contributed by atoms with Gasteiger partial charge in [0.2, 0.25) is 11.8 Å². The van der Waals surface area contributed by atoms with Crippen molar-refractivity contribution in [3.05, 3.63) is 66.5 Å². The predicted molar refractivity (Wildman–Crippen MR) is 116 cm³/mol. The Kier molecular flexibility index (Phi) is 6.39. The Balaban J connectivity index is 1.33. The van der Waals surface area contributed by atoms with Crippen molar-refractivity contribution in [3.63, 3.8) is 0 Å². The van der Waals surface area contributed by atoms with E-state index in [9.17, 15) is 9.59 Å². The number of rotatable bonds is 8. The number of nitrogens with one attached hydrogen (secondary N) is 2.